The Morgan fingerprint density at radius 1 is 1.00 bits per heavy atom. The molecule has 0 unspecified atom stereocenters. The number of benzene rings is 3. The van der Waals surface area contributed by atoms with Crippen molar-refractivity contribution in [1.82, 2.24) is 14.5 Å². The number of hydrogen-bond donors (Lipinski definition) is 2. The third-order valence-electron chi connectivity index (χ3n) is 5.48. The zero-order chi connectivity index (χ0) is 23.8. The molecular weight excluding hydrogens is 439 g/mol. The molecule has 0 amide bonds. The zero-order valence-corrected chi connectivity index (χ0v) is 19.9. The van der Waals surface area contributed by atoms with Crippen LogP contribution >= 0.6 is 0 Å². The summed E-state index contributed by atoms with van der Waals surface area (Å²) in [6.07, 6.45) is 1.75. The first kappa shape index (κ1) is 22.9. The first-order valence-electron chi connectivity index (χ1n) is 10.7. The van der Waals surface area contributed by atoms with Crippen molar-refractivity contribution >= 4 is 26.6 Å². The number of rotatable bonds is 7. The van der Waals surface area contributed by atoms with E-state index in [9.17, 15) is 12.8 Å². The SMILES string of the molecule is Cc1cc(C)c(S(=O)(=O)N[C@@H](C)CNc2ccc3c(cnn3-c3ccc(F)cc3)c2)c(C)c1. The summed E-state index contributed by atoms with van der Waals surface area (Å²) >= 11 is 0. The molecule has 0 bridgehead atoms. The Labute approximate surface area is 193 Å². The van der Waals surface area contributed by atoms with Crippen molar-refractivity contribution in [3.8, 4) is 5.69 Å². The molecular formula is C25H27FN4O2S. The molecule has 4 aromatic rings. The van der Waals surface area contributed by atoms with Crippen molar-refractivity contribution in [2.45, 2.75) is 38.6 Å². The predicted octanol–water partition coefficient (Wildman–Crippen LogP) is 4.87. The molecule has 1 atom stereocenters. The van der Waals surface area contributed by atoms with E-state index in [1.54, 1.807) is 23.0 Å². The van der Waals surface area contributed by atoms with Crippen molar-refractivity contribution in [3.05, 3.63) is 83.3 Å². The molecule has 0 aliphatic rings. The molecule has 0 radical (unpaired) electrons. The van der Waals surface area contributed by atoms with Gasteiger partial charge >= 0.3 is 0 Å². The monoisotopic (exact) mass is 466 g/mol. The van der Waals surface area contributed by atoms with Gasteiger partial charge in [0.1, 0.15) is 5.82 Å². The van der Waals surface area contributed by atoms with Crippen molar-refractivity contribution < 1.29 is 12.8 Å². The van der Waals surface area contributed by atoms with E-state index in [4.69, 9.17) is 0 Å². The van der Waals surface area contributed by atoms with Crippen LogP contribution in [0.1, 0.15) is 23.6 Å². The Bertz CT molecular complexity index is 1390. The molecule has 172 valence electrons. The highest BCUT2D eigenvalue weighted by molar-refractivity contribution is 7.89. The quantitative estimate of drug-likeness (QED) is 0.408. The van der Waals surface area contributed by atoms with Gasteiger partial charge in [0.15, 0.2) is 0 Å². The molecule has 4 rings (SSSR count). The maximum absolute atomic E-state index is 13.2. The maximum Gasteiger partial charge on any atom is 0.241 e. The van der Waals surface area contributed by atoms with Crippen LogP contribution in [0.4, 0.5) is 10.1 Å². The minimum atomic E-state index is -3.64. The van der Waals surface area contributed by atoms with Crippen LogP contribution < -0.4 is 10.0 Å². The van der Waals surface area contributed by atoms with Gasteiger partial charge in [-0.05, 0) is 81.3 Å². The van der Waals surface area contributed by atoms with Crippen LogP contribution in [0.25, 0.3) is 16.6 Å². The second-order valence-electron chi connectivity index (χ2n) is 8.44. The molecule has 0 aliphatic heterocycles. The third-order valence-corrected chi connectivity index (χ3v) is 7.38. The van der Waals surface area contributed by atoms with Gasteiger partial charge in [0.25, 0.3) is 0 Å². The average molecular weight is 467 g/mol. The molecule has 8 heteroatoms. The Hall–Kier alpha value is -3.23. The molecule has 0 saturated carbocycles. The summed E-state index contributed by atoms with van der Waals surface area (Å²) < 4.78 is 43.7. The standard InChI is InChI=1S/C25H27FN4O2S/c1-16-11-17(2)25(18(3)12-16)33(31,32)29-19(4)14-27-22-7-10-24-20(13-22)15-28-30(24)23-8-5-21(26)6-9-23/h5-13,15,19,27,29H,14H2,1-4H3/t19-/m0/s1. The lowest BCUT2D eigenvalue weighted by molar-refractivity contribution is 0.564. The molecule has 2 N–H and O–H groups in total. The summed E-state index contributed by atoms with van der Waals surface area (Å²) in [5, 5.41) is 8.62. The lowest BCUT2D eigenvalue weighted by Crippen LogP contribution is -2.38. The van der Waals surface area contributed by atoms with Crippen LogP contribution in [0.5, 0.6) is 0 Å². The van der Waals surface area contributed by atoms with Crippen LogP contribution in [-0.2, 0) is 10.0 Å². The molecule has 0 fully saturated rings. The average Bonchev–Trinajstić information content (AvgIpc) is 3.14. The summed E-state index contributed by atoms with van der Waals surface area (Å²) in [5.41, 5.74) is 5.04. The van der Waals surface area contributed by atoms with Gasteiger partial charge in [0.2, 0.25) is 10.0 Å². The van der Waals surface area contributed by atoms with Crippen LogP contribution in [0.2, 0.25) is 0 Å². The number of halogens is 1. The van der Waals surface area contributed by atoms with Gasteiger partial charge in [-0.25, -0.2) is 22.2 Å². The van der Waals surface area contributed by atoms with Gasteiger partial charge in [-0.3, -0.25) is 0 Å². The molecule has 1 heterocycles. The van der Waals surface area contributed by atoms with Gasteiger partial charge in [-0.2, -0.15) is 5.10 Å². The Morgan fingerprint density at radius 2 is 1.67 bits per heavy atom. The molecule has 0 aliphatic carbocycles. The van der Waals surface area contributed by atoms with E-state index in [0.717, 1.165) is 39.0 Å². The van der Waals surface area contributed by atoms with Crippen molar-refractivity contribution in [2.24, 2.45) is 0 Å². The fraction of sp³-hybridized carbons (Fsp3) is 0.240. The van der Waals surface area contributed by atoms with Crippen LogP contribution in [0, 0.1) is 26.6 Å². The fourth-order valence-corrected chi connectivity index (χ4v) is 5.85. The van der Waals surface area contributed by atoms with Gasteiger partial charge < -0.3 is 5.32 Å². The van der Waals surface area contributed by atoms with E-state index in [0.29, 0.717) is 11.4 Å². The normalized spacial score (nSPS) is 12.8. The van der Waals surface area contributed by atoms with Gasteiger partial charge in [-0.15, -0.1) is 0 Å². The highest BCUT2D eigenvalue weighted by Crippen LogP contribution is 2.23. The third kappa shape index (κ3) is 4.91. The van der Waals surface area contributed by atoms with Gasteiger partial charge in [0, 0.05) is 23.7 Å². The van der Waals surface area contributed by atoms with Crippen molar-refractivity contribution in [1.29, 1.82) is 0 Å². The Morgan fingerprint density at radius 3 is 2.33 bits per heavy atom. The zero-order valence-electron chi connectivity index (χ0n) is 19.1. The van der Waals surface area contributed by atoms with Crippen LogP contribution in [0.15, 0.2) is 65.7 Å². The summed E-state index contributed by atoms with van der Waals surface area (Å²) in [6, 6.07) is 15.4. The van der Waals surface area contributed by atoms with Crippen molar-refractivity contribution in [2.75, 3.05) is 11.9 Å². The summed E-state index contributed by atoms with van der Waals surface area (Å²) in [5.74, 6) is -0.292. The molecule has 0 saturated heterocycles. The second kappa shape index (κ2) is 8.96. The summed E-state index contributed by atoms with van der Waals surface area (Å²) in [6.45, 7) is 7.84. The summed E-state index contributed by atoms with van der Waals surface area (Å²) in [7, 11) is -3.64. The van der Waals surface area contributed by atoms with E-state index in [1.165, 1.54) is 12.1 Å². The first-order valence-corrected chi connectivity index (χ1v) is 12.2. The predicted molar refractivity (Wildman–Crippen MR) is 130 cm³/mol. The largest absolute Gasteiger partial charge is 0.383 e. The van der Waals surface area contributed by atoms with E-state index >= 15 is 0 Å². The molecule has 3 aromatic carbocycles. The smallest absolute Gasteiger partial charge is 0.241 e. The Kier molecular flexibility index (Phi) is 6.23. The maximum atomic E-state index is 13.2. The van der Waals surface area contributed by atoms with Crippen LogP contribution in [0.3, 0.4) is 0 Å². The van der Waals surface area contributed by atoms with Gasteiger partial charge in [0.05, 0.1) is 22.3 Å². The Balaban J connectivity index is 1.46. The lowest BCUT2D eigenvalue weighted by atomic mass is 10.1. The summed E-state index contributed by atoms with van der Waals surface area (Å²) in [4.78, 5) is 0.342. The molecule has 6 nitrogen and oxygen atoms in total. The number of nitrogens with zero attached hydrogens (tertiary/aromatic N) is 2. The minimum absolute atomic E-state index is 0.292. The van der Waals surface area contributed by atoms with E-state index in [1.807, 2.05) is 58.0 Å². The molecule has 0 spiro atoms. The van der Waals surface area contributed by atoms with E-state index < -0.39 is 10.0 Å². The highest BCUT2D eigenvalue weighted by Gasteiger charge is 2.22. The second-order valence-corrected chi connectivity index (χ2v) is 10.1. The lowest BCUT2D eigenvalue weighted by Gasteiger charge is -2.18. The van der Waals surface area contributed by atoms with E-state index in [-0.39, 0.29) is 11.9 Å². The highest BCUT2D eigenvalue weighted by atomic mass is 32.2. The van der Waals surface area contributed by atoms with Crippen molar-refractivity contribution in [3.63, 3.8) is 0 Å². The number of nitrogens with one attached hydrogen (secondary N) is 2. The number of sulfonamides is 1. The fourth-order valence-electron chi connectivity index (χ4n) is 4.16. The number of aryl methyl sites for hydroxylation is 3. The van der Waals surface area contributed by atoms with Gasteiger partial charge in [-0.1, -0.05) is 17.7 Å². The topological polar surface area (TPSA) is 76.0 Å². The van der Waals surface area contributed by atoms with Crippen LogP contribution in [-0.4, -0.2) is 30.8 Å². The number of fused-ring (bicyclic) bond motifs is 1. The molecule has 1 aromatic heterocycles. The van der Waals surface area contributed by atoms with E-state index in [2.05, 4.69) is 15.1 Å². The number of hydrogen-bond acceptors (Lipinski definition) is 4. The molecule has 33 heavy (non-hydrogen) atoms. The first-order chi connectivity index (χ1) is 15.6. The minimum Gasteiger partial charge on any atom is -0.383 e. The number of aromatic nitrogens is 2. The number of anilines is 1.